The van der Waals surface area contributed by atoms with Crippen LogP contribution in [-0.4, -0.2) is 71.3 Å². The lowest BCUT2D eigenvalue weighted by atomic mass is 10.1. The summed E-state index contributed by atoms with van der Waals surface area (Å²) < 4.78 is 7.13. The molecule has 4 atom stereocenters. The molecular formula is C21H22N6O4S. The van der Waals surface area contributed by atoms with Crippen molar-refractivity contribution >= 4 is 28.3 Å². The number of aromatic nitrogens is 5. The number of hydrogen-bond donors (Lipinski definition) is 4. The summed E-state index contributed by atoms with van der Waals surface area (Å²) in [7, 11) is 0. The Balaban J connectivity index is 1.28. The van der Waals surface area contributed by atoms with Crippen molar-refractivity contribution < 1.29 is 20.1 Å². The Morgan fingerprint density at radius 1 is 1.09 bits per heavy atom. The Hall–Kier alpha value is -2.96. The summed E-state index contributed by atoms with van der Waals surface area (Å²) in [5, 5.41) is 36.0. The molecule has 10 nitrogen and oxygen atoms in total. The van der Waals surface area contributed by atoms with E-state index in [0.717, 1.165) is 22.7 Å². The second kappa shape index (κ2) is 8.88. The van der Waals surface area contributed by atoms with Crippen molar-refractivity contribution in [3.63, 3.8) is 0 Å². The lowest BCUT2D eigenvalue weighted by Crippen LogP contribution is -2.33. The number of fused-ring (bicyclic) bond motifs is 1. The molecule has 5 rings (SSSR count). The molecule has 0 unspecified atom stereocenters. The van der Waals surface area contributed by atoms with Crippen molar-refractivity contribution in [3.05, 3.63) is 53.4 Å². The van der Waals surface area contributed by atoms with Crippen LogP contribution in [0, 0.1) is 0 Å². The largest absolute Gasteiger partial charge is 0.394 e. The fourth-order valence-corrected chi connectivity index (χ4v) is 4.54. The molecule has 11 heteroatoms. The zero-order valence-corrected chi connectivity index (χ0v) is 17.8. The average Bonchev–Trinajstić information content (AvgIpc) is 3.53. The predicted molar refractivity (Wildman–Crippen MR) is 118 cm³/mol. The highest BCUT2D eigenvalue weighted by Gasteiger charge is 2.44. The van der Waals surface area contributed by atoms with Crippen LogP contribution in [0.2, 0.25) is 0 Å². The Morgan fingerprint density at radius 2 is 1.94 bits per heavy atom. The first-order chi connectivity index (χ1) is 15.7. The molecule has 1 aliphatic rings. The Labute approximate surface area is 187 Å². The summed E-state index contributed by atoms with van der Waals surface area (Å²) in [6.07, 6.45) is -0.564. The van der Waals surface area contributed by atoms with E-state index in [0.29, 0.717) is 23.5 Å². The van der Waals surface area contributed by atoms with Gasteiger partial charge in [0.05, 0.1) is 23.6 Å². The zero-order valence-electron chi connectivity index (χ0n) is 16.9. The van der Waals surface area contributed by atoms with Crippen LogP contribution >= 0.6 is 11.3 Å². The van der Waals surface area contributed by atoms with Gasteiger partial charge in [-0.3, -0.25) is 4.57 Å². The minimum absolute atomic E-state index is 0.397. The van der Waals surface area contributed by atoms with Gasteiger partial charge in [0.25, 0.3) is 0 Å². The molecule has 1 fully saturated rings. The van der Waals surface area contributed by atoms with E-state index in [4.69, 9.17) is 9.72 Å². The minimum atomic E-state index is -1.21. The van der Waals surface area contributed by atoms with Gasteiger partial charge in [0.15, 0.2) is 23.2 Å². The van der Waals surface area contributed by atoms with Crippen molar-refractivity contribution in [2.45, 2.75) is 31.0 Å². The van der Waals surface area contributed by atoms with Gasteiger partial charge in [-0.15, -0.1) is 11.3 Å². The maximum absolute atomic E-state index is 10.3. The van der Waals surface area contributed by atoms with E-state index in [1.165, 1.54) is 12.7 Å². The first-order valence-electron chi connectivity index (χ1n) is 10.2. The minimum Gasteiger partial charge on any atom is -0.394 e. The van der Waals surface area contributed by atoms with E-state index in [9.17, 15) is 15.3 Å². The predicted octanol–water partition coefficient (Wildman–Crippen LogP) is 1.22. The first-order valence-corrected chi connectivity index (χ1v) is 11.1. The molecule has 0 radical (unpaired) electrons. The molecular weight excluding hydrogens is 432 g/mol. The van der Waals surface area contributed by atoms with Crippen molar-refractivity contribution in [3.8, 4) is 11.3 Å². The van der Waals surface area contributed by atoms with Gasteiger partial charge in [0, 0.05) is 23.9 Å². The molecule has 4 heterocycles. The number of nitrogens with one attached hydrogen (secondary N) is 1. The number of thiazole rings is 1. The number of nitrogens with zero attached hydrogens (tertiary/aromatic N) is 5. The second-order valence-electron chi connectivity index (χ2n) is 7.44. The molecule has 0 aliphatic carbocycles. The smallest absolute Gasteiger partial charge is 0.167 e. The molecule has 0 bridgehead atoms. The molecule has 166 valence electrons. The third-order valence-corrected chi connectivity index (χ3v) is 6.31. The van der Waals surface area contributed by atoms with Gasteiger partial charge in [-0.25, -0.2) is 19.9 Å². The highest BCUT2D eigenvalue weighted by molar-refractivity contribution is 7.09. The third-order valence-electron chi connectivity index (χ3n) is 5.40. The standard InChI is InChI=1S/C21H22N6O4S/c28-8-14-17(29)18(30)21(31-14)27-11-25-16-19(23-10-24-20(16)27)22-7-6-15-26-13(9-32-15)12-4-2-1-3-5-12/h1-5,9-11,14,17-18,21,28-30H,6-8H2,(H,22,23,24)/t14-,17-,18-,21-/m1/s1. The Bertz CT molecular complexity index is 1200. The number of imidazole rings is 1. The third kappa shape index (κ3) is 3.85. The van der Waals surface area contributed by atoms with E-state index in [1.807, 2.05) is 30.3 Å². The molecule has 0 amide bonds. The SMILES string of the molecule is OC[C@H]1O[C@@H](n2cnc3c(NCCc4nc(-c5ccccc5)cs4)ncnc32)[C@H](O)[C@@H]1O. The van der Waals surface area contributed by atoms with Crippen LogP contribution in [0.15, 0.2) is 48.4 Å². The summed E-state index contributed by atoms with van der Waals surface area (Å²) >= 11 is 1.61. The van der Waals surface area contributed by atoms with Crippen LogP contribution < -0.4 is 5.32 Å². The van der Waals surface area contributed by atoms with E-state index < -0.39 is 31.1 Å². The van der Waals surface area contributed by atoms with Gasteiger partial charge >= 0.3 is 0 Å². The second-order valence-corrected chi connectivity index (χ2v) is 8.39. The molecule has 3 aromatic heterocycles. The van der Waals surface area contributed by atoms with Crippen LogP contribution in [0.25, 0.3) is 22.4 Å². The average molecular weight is 455 g/mol. The molecule has 32 heavy (non-hydrogen) atoms. The number of rotatable bonds is 7. The molecule has 1 saturated heterocycles. The first kappa shape index (κ1) is 20.9. The van der Waals surface area contributed by atoms with E-state index in [1.54, 1.807) is 15.9 Å². The lowest BCUT2D eigenvalue weighted by molar-refractivity contribution is -0.0511. The summed E-state index contributed by atoms with van der Waals surface area (Å²) in [6, 6.07) is 10.1. The number of hydrogen-bond acceptors (Lipinski definition) is 10. The van der Waals surface area contributed by atoms with Crippen molar-refractivity contribution in [2.24, 2.45) is 0 Å². The van der Waals surface area contributed by atoms with Crippen molar-refractivity contribution in [2.75, 3.05) is 18.5 Å². The number of ether oxygens (including phenoxy) is 1. The van der Waals surface area contributed by atoms with Gasteiger partial charge in [0.2, 0.25) is 0 Å². The molecule has 1 aromatic carbocycles. The molecule has 1 aliphatic heterocycles. The van der Waals surface area contributed by atoms with Gasteiger partial charge in [-0.1, -0.05) is 30.3 Å². The van der Waals surface area contributed by atoms with Crippen LogP contribution in [0.5, 0.6) is 0 Å². The van der Waals surface area contributed by atoms with Gasteiger partial charge in [-0.2, -0.15) is 0 Å². The molecule has 4 N–H and O–H groups in total. The fraction of sp³-hybridized carbons (Fsp3) is 0.333. The lowest BCUT2D eigenvalue weighted by Gasteiger charge is -2.16. The maximum Gasteiger partial charge on any atom is 0.167 e. The molecule has 0 saturated carbocycles. The highest BCUT2D eigenvalue weighted by Crippen LogP contribution is 2.32. The van der Waals surface area contributed by atoms with E-state index in [-0.39, 0.29) is 0 Å². The summed E-state index contributed by atoms with van der Waals surface area (Å²) in [5.74, 6) is 0.556. The summed E-state index contributed by atoms with van der Waals surface area (Å²) in [4.78, 5) is 17.6. The molecule has 0 spiro atoms. The van der Waals surface area contributed by atoms with Gasteiger partial charge in [0.1, 0.15) is 24.6 Å². The Morgan fingerprint density at radius 3 is 2.72 bits per heavy atom. The van der Waals surface area contributed by atoms with Crippen molar-refractivity contribution in [1.82, 2.24) is 24.5 Å². The number of aliphatic hydroxyl groups is 3. The van der Waals surface area contributed by atoms with Crippen LogP contribution in [0.1, 0.15) is 11.2 Å². The quantitative estimate of drug-likeness (QED) is 0.325. The Kier molecular flexibility index (Phi) is 5.81. The van der Waals surface area contributed by atoms with E-state index in [2.05, 4.69) is 25.6 Å². The molecule has 4 aromatic rings. The normalized spacial score (nSPS) is 23.1. The maximum atomic E-state index is 10.3. The topological polar surface area (TPSA) is 138 Å². The zero-order chi connectivity index (χ0) is 22.1. The number of aliphatic hydroxyl groups excluding tert-OH is 3. The van der Waals surface area contributed by atoms with Crippen LogP contribution in [-0.2, 0) is 11.2 Å². The van der Waals surface area contributed by atoms with Gasteiger partial charge < -0.3 is 25.4 Å². The van der Waals surface area contributed by atoms with Crippen LogP contribution in [0.4, 0.5) is 5.82 Å². The number of anilines is 1. The van der Waals surface area contributed by atoms with Gasteiger partial charge in [-0.05, 0) is 0 Å². The summed E-state index contributed by atoms with van der Waals surface area (Å²) in [5.41, 5.74) is 3.04. The summed E-state index contributed by atoms with van der Waals surface area (Å²) in [6.45, 7) is 0.209. The number of benzene rings is 1. The van der Waals surface area contributed by atoms with E-state index >= 15 is 0 Å². The van der Waals surface area contributed by atoms with Crippen molar-refractivity contribution in [1.29, 1.82) is 0 Å². The fourth-order valence-electron chi connectivity index (χ4n) is 3.73. The van der Waals surface area contributed by atoms with Crippen LogP contribution in [0.3, 0.4) is 0 Å². The highest BCUT2D eigenvalue weighted by atomic mass is 32.1. The monoisotopic (exact) mass is 454 g/mol.